The molecule has 39 heavy (non-hydrogen) atoms. The van der Waals surface area contributed by atoms with Crippen LogP contribution in [0.1, 0.15) is 24.5 Å². The molecule has 0 bridgehead atoms. The Morgan fingerprint density at radius 1 is 0.897 bits per heavy atom. The second-order valence-electron chi connectivity index (χ2n) is 9.01. The van der Waals surface area contributed by atoms with E-state index in [2.05, 4.69) is 5.32 Å². The fourth-order valence-corrected chi connectivity index (χ4v) is 5.22. The minimum absolute atomic E-state index is 0.0615. The molecule has 0 spiro atoms. The number of carbonyl (C=O) groups is 2. The van der Waals surface area contributed by atoms with Crippen LogP contribution in [0.25, 0.3) is 0 Å². The van der Waals surface area contributed by atoms with Gasteiger partial charge in [0.2, 0.25) is 21.8 Å². The summed E-state index contributed by atoms with van der Waals surface area (Å²) in [6, 6.07) is 19.7. The van der Waals surface area contributed by atoms with Crippen molar-refractivity contribution in [3.05, 3.63) is 99.0 Å². The van der Waals surface area contributed by atoms with Gasteiger partial charge in [-0.05, 0) is 47.9 Å². The van der Waals surface area contributed by atoms with E-state index < -0.39 is 28.5 Å². The van der Waals surface area contributed by atoms with Gasteiger partial charge in [-0.3, -0.25) is 13.9 Å². The summed E-state index contributed by atoms with van der Waals surface area (Å²) in [5.41, 5.74) is 1.77. The van der Waals surface area contributed by atoms with Crippen LogP contribution in [0.3, 0.4) is 0 Å². The van der Waals surface area contributed by atoms with Gasteiger partial charge in [-0.25, -0.2) is 8.42 Å². The maximum absolute atomic E-state index is 14.0. The molecule has 0 saturated carbocycles. The minimum Gasteiger partial charge on any atom is -0.354 e. The molecule has 2 amide bonds. The van der Waals surface area contributed by atoms with Crippen LogP contribution in [-0.2, 0) is 32.6 Å². The lowest BCUT2D eigenvalue weighted by Crippen LogP contribution is -2.53. The van der Waals surface area contributed by atoms with Gasteiger partial charge in [0.15, 0.2) is 0 Å². The highest BCUT2D eigenvalue weighted by Gasteiger charge is 2.33. The summed E-state index contributed by atoms with van der Waals surface area (Å²) in [5, 5.41) is 3.82. The number of anilines is 1. The number of rotatable bonds is 12. The second-order valence-corrected chi connectivity index (χ2v) is 12.2. The minimum atomic E-state index is -3.91. The number of nitrogens with zero attached hydrogens (tertiary/aromatic N) is 2. The zero-order valence-corrected chi connectivity index (χ0v) is 24.7. The van der Waals surface area contributed by atoms with Crippen molar-refractivity contribution < 1.29 is 18.0 Å². The molecule has 0 heterocycles. The van der Waals surface area contributed by atoms with Crippen LogP contribution in [0.4, 0.5) is 5.69 Å². The first-order valence-corrected chi connectivity index (χ1v) is 15.3. The van der Waals surface area contributed by atoms with E-state index in [1.54, 1.807) is 24.3 Å². The molecule has 7 nitrogen and oxygen atoms in total. The Bertz CT molecular complexity index is 1390. The lowest BCUT2D eigenvalue weighted by Gasteiger charge is -2.33. The molecule has 0 fully saturated rings. The van der Waals surface area contributed by atoms with Crippen LogP contribution in [0, 0.1) is 0 Å². The predicted molar refractivity (Wildman–Crippen MR) is 158 cm³/mol. The number of halogens is 3. The summed E-state index contributed by atoms with van der Waals surface area (Å²) in [4.78, 5) is 28.8. The molecule has 1 unspecified atom stereocenters. The Morgan fingerprint density at radius 2 is 1.56 bits per heavy atom. The van der Waals surface area contributed by atoms with Gasteiger partial charge in [-0.15, -0.1) is 0 Å². The summed E-state index contributed by atoms with van der Waals surface area (Å²) in [5.74, 6) is -0.891. The Morgan fingerprint density at radius 3 is 2.15 bits per heavy atom. The van der Waals surface area contributed by atoms with E-state index in [4.69, 9.17) is 34.8 Å². The van der Waals surface area contributed by atoms with Crippen molar-refractivity contribution in [2.75, 3.05) is 23.7 Å². The maximum atomic E-state index is 14.0. The van der Waals surface area contributed by atoms with Crippen molar-refractivity contribution in [1.29, 1.82) is 0 Å². The van der Waals surface area contributed by atoms with Crippen LogP contribution >= 0.6 is 34.8 Å². The normalized spacial score (nSPS) is 12.0. The molecular weight excluding hydrogens is 581 g/mol. The van der Waals surface area contributed by atoms with Crippen molar-refractivity contribution in [2.24, 2.45) is 0 Å². The number of sulfonamides is 1. The Balaban J connectivity index is 2.04. The van der Waals surface area contributed by atoms with Crippen molar-refractivity contribution in [3.8, 4) is 0 Å². The van der Waals surface area contributed by atoms with Crippen molar-refractivity contribution in [3.63, 3.8) is 0 Å². The van der Waals surface area contributed by atoms with Crippen LogP contribution in [-0.4, -0.2) is 50.5 Å². The molecule has 3 aromatic rings. The summed E-state index contributed by atoms with van der Waals surface area (Å²) in [7, 11) is -3.91. The fraction of sp³-hybridized carbons (Fsp3) is 0.286. The van der Waals surface area contributed by atoms with Crippen LogP contribution in [0.5, 0.6) is 0 Å². The third-order valence-electron chi connectivity index (χ3n) is 5.96. The summed E-state index contributed by atoms with van der Waals surface area (Å²) in [6.07, 6.45) is 1.96. The van der Waals surface area contributed by atoms with Gasteiger partial charge in [-0.2, -0.15) is 0 Å². The number of hydrogen-bond acceptors (Lipinski definition) is 4. The highest BCUT2D eigenvalue weighted by Crippen LogP contribution is 2.29. The third kappa shape index (κ3) is 8.86. The quantitative estimate of drug-likeness (QED) is 0.290. The first kappa shape index (κ1) is 30.8. The van der Waals surface area contributed by atoms with Crippen LogP contribution < -0.4 is 9.62 Å². The number of amides is 2. The van der Waals surface area contributed by atoms with Gasteiger partial charge in [0, 0.05) is 24.5 Å². The van der Waals surface area contributed by atoms with E-state index in [0.29, 0.717) is 18.0 Å². The Labute approximate surface area is 244 Å². The second kappa shape index (κ2) is 14.0. The largest absolute Gasteiger partial charge is 0.354 e. The first-order valence-electron chi connectivity index (χ1n) is 12.3. The predicted octanol–water partition coefficient (Wildman–Crippen LogP) is 5.58. The van der Waals surface area contributed by atoms with Gasteiger partial charge in [0.25, 0.3) is 0 Å². The molecule has 0 aromatic heterocycles. The van der Waals surface area contributed by atoms with Gasteiger partial charge in [-0.1, -0.05) is 84.2 Å². The molecule has 3 rings (SSSR count). The van der Waals surface area contributed by atoms with E-state index in [-0.39, 0.29) is 34.6 Å². The molecule has 0 radical (unpaired) electrons. The monoisotopic (exact) mass is 609 g/mol. The van der Waals surface area contributed by atoms with Gasteiger partial charge < -0.3 is 10.2 Å². The molecule has 1 atom stereocenters. The molecule has 3 aromatic carbocycles. The Hall–Kier alpha value is -2.78. The highest BCUT2D eigenvalue weighted by atomic mass is 35.5. The van der Waals surface area contributed by atoms with E-state index >= 15 is 0 Å². The van der Waals surface area contributed by atoms with Gasteiger partial charge in [0.05, 0.1) is 22.0 Å². The zero-order chi connectivity index (χ0) is 28.6. The molecule has 0 saturated heterocycles. The van der Waals surface area contributed by atoms with E-state index in [1.807, 2.05) is 37.3 Å². The van der Waals surface area contributed by atoms with E-state index in [1.165, 1.54) is 23.1 Å². The van der Waals surface area contributed by atoms with Crippen LogP contribution in [0.2, 0.25) is 15.1 Å². The standard InChI is InChI=1S/C28H30Cl3N3O4S/c1-3-15-32-28(36)26(16-20-7-5-4-6-8-20)33(18-21-9-11-22(29)12-10-21)27(35)19-34(39(2,37)38)23-13-14-24(30)25(31)17-23/h4-14,17,26H,3,15-16,18-19H2,1-2H3,(H,32,36). The van der Waals surface area contributed by atoms with Crippen molar-refractivity contribution in [2.45, 2.75) is 32.4 Å². The zero-order valence-electron chi connectivity index (χ0n) is 21.6. The van der Waals surface area contributed by atoms with Crippen molar-refractivity contribution in [1.82, 2.24) is 10.2 Å². The molecule has 0 aliphatic carbocycles. The molecule has 208 valence electrons. The average Bonchev–Trinajstić information content (AvgIpc) is 2.90. The lowest BCUT2D eigenvalue weighted by atomic mass is 10.0. The van der Waals surface area contributed by atoms with Gasteiger partial charge in [0.1, 0.15) is 12.6 Å². The molecule has 0 aliphatic heterocycles. The SMILES string of the molecule is CCCNC(=O)C(Cc1ccccc1)N(Cc1ccc(Cl)cc1)C(=O)CN(c1ccc(Cl)c(Cl)c1)S(C)(=O)=O. The maximum Gasteiger partial charge on any atom is 0.244 e. The fourth-order valence-electron chi connectivity index (χ4n) is 3.96. The topological polar surface area (TPSA) is 86.8 Å². The van der Waals surface area contributed by atoms with Gasteiger partial charge >= 0.3 is 0 Å². The Kier molecular flexibility index (Phi) is 11.1. The number of carbonyl (C=O) groups excluding carboxylic acids is 2. The molecule has 1 N–H and O–H groups in total. The molecular formula is C28H30Cl3N3O4S. The van der Waals surface area contributed by atoms with Crippen molar-refractivity contribution >= 4 is 62.3 Å². The van der Waals surface area contributed by atoms with E-state index in [9.17, 15) is 18.0 Å². The number of hydrogen-bond donors (Lipinski definition) is 1. The third-order valence-corrected chi connectivity index (χ3v) is 8.09. The number of benzene rings is 3. The summed E-state index contributed by atoms with van der Waals surface area (Å²) in [6.45, 7) is 1.89. The number of nitrogens with one attached hydrogen (secondary N) is 1. The first-order chi connectivity index (χ1) is 18.5. The van der Waals surface area contributed by atoms with Crippen LogP contribution in [0.15, 0.2) is 72.8 Å². The molecule has 0 aliphatic rings. The molecule has 11 heteroatoms. The highest BCUT2D eigenvalue weighted by molar-refractivity contribution is 7.92. The summed E-state index contributed by atoms with van der Waals surface area (Å²) < 4.78 is 26.6. The van der Waals surface area contributed by atoms with E-state index in [0.717, 1.165) is 21.7 Å². The average molecular weight is 611 g/mol. The lowest BCUT2D eigenvalue weighted by molar-refractivity contribution is -0.140. The summed E-state index contributed by atoms with van der Waals surface area (Å²) >= 11 is 18.2. The smallest absolute Gasteiger partial charge is 0.244 e.